The lowest BCUT2D eigenvalue weighted by Crippen LogP contribution is -2.53. The molecule has 0 unspecified atom stereocenters. The van der Waals surface area contributed by atoms with Crippen LogP contribution in [0.1, 0.15) is 6.92 Å². The SMILES string of the molecule is C[C@H](O)[C@H]1OC(=O)[C@H](N=[N+]=[N-])[C@@H]1[Si](C)(C)c1ccccc1. The van der Waals surface area contributed by atoms with Crippen LogP contribution in [0, 0.1) is 0 Å². The van der Waals surface area contributed by atoms with Crippen molar-refractivity contribution in [3.8, 4) is 0 Å². The first-order valence-corrected chi connectivity index (χ1v) is 9.95. The van der Waals surface area contributed by atoms with Crippen molar-refractivity contribution in [2.75, 3.05) is 0 Å². The van der Waals surface area contributed by atoms with Gasteiger partial charge in [0.25, 0.3) is 0 Å². The number of ether oxygens (including phenoxy) is 1. The van der Waals surface area contributed by atoms with E-state index in [2.05, 4.69) is 23.1 Å². The summed E-state index contributed by atoms with van der Waals surface area (Å²) in [6.07, 6.45) is -1.43. The van der Waals surface area contributed by atoms with Crippen molar-refractivity contribution in [1.29, 1.82) is 0 Å². The summed E-state index contributed by atoms with van der Waals surface area (Å²) < 4.78 is 5.29. The van der Waals surface area contributed by atoms with Gasteiger partial charge in [-0.05, 0) is 12.5 Å². The van der Waals surface area contributed by atoms with Gasteiger partial charge in [0, 0.05) is 10.5 Å². The number of aliphatic hydroxyl groups excluding tert-OH is 1. The van der Waals surface area contributed by atoms with Gasteiger partial charge in [0.15, 0.2) is 0 Å². The van der Waals surface area contributed by atoms with E-state index in [1.54, 1.807) is 6.92 Å². The zero-order valence-corrected chi connectivity index (χ0v) is 13.3. The molecule has 1 aromatic rings. The van der Waals surface area contributed by atoms with Crippen LogP contribution in [0.15, 0.2) is 35.4 Å². The summed E-state index contributed by atoms with van der Waals surface area (Å²) in [5.74, 6) is -0.541. The zero-order chi connectivity index (χ0) is 15.6. The maximum atomic E-state index is 12.0. The number of carbonyl (C=O) groups is 1. The summed E-state index contributed by atoms with van der Waals surface area (Å²) in [6.45, 7) is 5.80. The highest BCUT2D eigenvalue weighted by Gasteiger charge is 2.54. The number of nitrogens with zero attached hydrogens (tertiary/aromatic N) is 3. The summed E-state index contributed by atoms with van der Waals surface area (Å²) in [6, 6.07) is 8.99. The lowest BCUT2D eigenvalue weighted by Gasteiger charge is -2.35. The number of rotatable bonds is 4. The number of hydrogen-bond acceptors (Lipinski definition) is 4. The van der Waals surface area contributed by atoms with Gasteiger partial charge in [-0.25, -0.2) is 0 Å². The van der Waals surface area contributed by atoms with Gasteiger partial charge in [0.05, 0.1) is 14.2 Å². The van der Waals surface area contributed by atoms with Crippen LogP contribution in [-0.2, 0) is 9.53 Å². The Bertz CT molecular complexity index is 570. The predicted octanol–water partition coefficient (Wildman–Crippen LogP) is 1.96. The highest BCUT2D eigenvalue weighted by atomic mass is 28.3. The molecular formula is C14H19N3O3Si. The van der Waals surface area contributed by atoms with Gasteiger partial charge in [-0.3, -0.25) is 4.79 Å². The molecule has 21 heavy (non-hydrogen) atoms. The minimum Gasteiger partial charge on any atom is -0.459 e. The fourth-order valence-electron chi connectivity index (χ4n) is 3.04. The van der Waals surface area contributed by atoms with Gasteiger partial charge in [0.1, 0.15) is 12.1 Å². The molecule has 6 nitrogen and oxygen atoms in total. The fourth-order valence-corrected chi connectivity index (χ4v) is 6.64. The van der Waals surface area contributed by atoms with Gasteiger partial charge in [-0.1, -0.05) is 53.7 Å². The lowest BCUT2D eigenvalue weighted by atomic mass is 10.1. The third-order valence-electron chi connectivity index (χ3n) is 4.19. The van der Waals surface area contributed by atoms with Gasteiger partial charge >= 0.3 is 5.97 Å². The maximum Gasteiger partial charge on any atom is 0.315 e. The van der Waals surface area contributed by atoms with Crippen molar-refractivity contribution >= 4 is 19.2 Å². The Kier molecular flexibility index (Phi) is 4.36. The number of cyclic esters (lactones) is 1. The normalized spacial score (nSPS) is 26.9. The number of benzene rings is 1. The van der Waals surface area contributed by atoms with Crippen molar-refractivity contribution in [2.45, 2.75) is 43.8 Å². The van der Waals surface area contributed by atoms with E-state index in [0.717, 1.165) is 5.19 Å². The van der Waals surface area contributed by atoms with Crippen LogP contribution in [0.4, 0.5) is 0 Å². The second-order valence-corrected chi connectivity index (χ2v) is 10.6. The molecular weight excluding hydrogens is 286 g/mol. The van der Waals surface area contributed by atoms with Crippen LogP contribution in [0.3, 0.4) is 0 Å². The molecule has 0 spiro atoms. The molecule has 2 rings (SSSR count). The Morgan fingerprint density at radius 1 is 1.38 bits per heavy atom. The van der Waals surface area contributed by atoms with Gasteiger partial charge in [0.2, 0.25) is 0 Å². The number of aliphatic hydroxyl groups is 1. The fraction of sp³-hybridized carbons (Fsp3) is 0.500. The molecule has 0 aliphatic carbocycles. The second kappa shape index (κ2) is 5.89. The summed E-state index contributed by atoms with van der Waals surface area (Å²) in [7, 11) is -2.19. The van der Waals surface area contributed by atoms with Crippen LogP contribution in [0.5, 0.6) is 0 Å². The number of azide groups is 1. The molecule has 4 atom stereocenters. The van der Waals surface area contributed by atoms with Crippen molar-refractivity contribution in [3.63, 3.8) is 0 Å². The van der Waals surface area contributed by atoms with Crippen molar-refractivity contribution in [2.24, 2.45) is 5.11 Å². The Balaban J connectivity index is 2.49. The average Bonchev–Trinajstić information content (AvgIpc) is 2.78. The molecule has 0 amide bonds. The summed E-state index contributed by atoms with van der Waals surface area (Å²) >= 11 is 0. The zero-order valence-electron chi connectivity index (χ0n) is 12.3. The molecule has 0 aromatic heterocycles. The second-order valence-electron chi connectivity index (χ2n) is 5.91. The topological polar surface area (TPSA) is 95.3 Å². The maximum absolute atomic E-state index is 12.0. The first-order valence-electron chi connectivity index (χ1n) is 6.88. The van der Waals surface area contributed by atoms with Crippen molar-refractivity contribution in [1.82, 2.24) is 0 Å². The Labute approximate surface area is 124 Å². The molecule has 1 aliphatic rings. The molecule has 7 heteroatoms. The van der Waals surface area contributed by atoms with E-state index in [9.17, 15) is 9.90 Å². The van der Waals surface area contributed by atoms with Crippen LogP contribution < -0.4 is 5.19 Å². The first kappa shape index (κ1) is 15.6. The van der Waals surface area contributed by atoms with E-state index in [-0.39, 0.29) is 5.54 Å². The molecule has 112 valence electrons. The van der Waals surface area contributed by atoms with E-state index >= 15 is 0 Å². The molecule has 1 aliphatic heterocycles. The van der Waals surface area contributed by atoms with E-state index in [0.29, 0.717) is 0 Å². The Hall–Kier alpha value is -1.82. The lowest BCUT2D eigenvalue weighted by molar-refractivity contribution is -0.145. The van der Waals surface area contributed by atoms with E-state index in [4.69, 9.17) is 10.3 Å². The third kappa shape index (κ3) is 2.81. The predicted molar refractivity (Wildman–Crippen MR) is 81.8 cm³/mol. The monoisotopic (exact) mass is 305 g/mol. The van der Waals surface area contributed by atoms with Crippen molar-refractivity contribution in [3.05, 3.63) is 40.8 Å². The van der Waals surface area contributed by atoms with E-state index in [1.165, 1.54) is 0 Å². The van der Waals surface area contributed by atoms with Crippen LogP contribution in [-0.4, -0.2) is 37.4 Å². The molecule has 1 heterocycles. The molecule has 1 N–H and O–H groups in total. The summed E-state index contributed by atoms with van der Waals surface area (Å²) in [5.41, 5.74) is 8.44. The minimum atomic E-state index is -2.19. The van der Waals surface area contributed by atoms with Gasteiger partial charge < -0.3 is 9.84 Å². The van der Waals surface area contributed by atoms with E-state index in [1.807, 2.05) is 30.3 Å². The van der Waals surface area contributed by atoms with Crippen molar-refractivity contribution < 1.29 is 14.6 Å². The molecule has 1 saturated heterocycles. The van der Waals surface area contributed by atoms with E-state index < -0.39 is 32.3 Å². The largest absolute Gasteiger partial charge is 0.459 e. The highest BCUT2D eigenvalue weighted by Crippen LogP contribution is 2.40. The van der Waals surface area contributed by atoms with Crippen LogP contribution >= 0.6 is 0 Å². The highest BCUT2D eigenvalue weighted by molar-refractivity contribution is 6.91. The van der Waals surface area contributed by atoms with Crippen LogP contribution in [0.25, 0.3) is 10.4 Å². The number of esters is 1. The van der Waals surface area contributed by atoms with Gasteiger partial charge in [-0.2, -0.15) is 0 Å². The molecule has 0 bridgehead atoms. The Morgan fingerprint density at radius 3 is 2.52 bits per heavy atom. The first-order chi connectivity index (χ1) is 9.89. The smallest absolute Gasteiger partial charge is 0.315 e. The molecule has 1 aromatic carbocycles. The summed E-state index contributed by atoms with van der Waals surface area (Å²) in [5, 5.41) is 14.7. The minimum absolute atomic E-state index is 0.289. The average molecular weight is 305 g/mol. The quantitative estimate of drug-likeness (QED) is 0.303. The standard InChI is InChI=1S/C14H19N3O3Si/c1-9(18)12-13(11(16-17-15)14(19)20-12)21(2,3)10-7-5-4-6-8-10/h4-9,11-13,18H,1-3H3/t9-,11+,12+,13-/m0/s1. The molecule has 1 fully saturated rings. The third-order valence-corrected chi connectivity index (χ3v) is 8.32. The summed E-state index contributed by atoms with van der Waals surface area (Å²) in [4.78, 5) is 14.8. The molecule has 0 saturated carbocycles. The Morgan fingerprint density at radius 2 is 2.00 bits per heavy atom. The molecule has 0 radical (unpaired) electrons. The number of carbonyl (C=O) groups excluding carboxylic acids is 1. The number of hydrogen-bond donors (Lipinski definition) is 1. The van der Waals surface area contributed by atoms with Crippen LogP contribution in [0.2, 0.25) is 18.6 Å². The van der Waals surface area contributed by atoms with Gasteiger partial charge in [-0.15, -0.1) is 0 Å².